The van der Waals surface area contributed by atoms with Gasteiger partial charge in [0.15, 0.2) is 0 Å². The largest absolute Gasteiger partial charge is 0.0613 e. The van der Waals surface area contributed by atoms with Crippen LogP contribution in [0.2, 0.25) is 0 Å². The average Bonchev–Trinajstić information content (AvgIpc) is 2.51. The van der Waals surface area contributed by atoms with Crippen molar-refractivity contribution < 1.29 is 0 Å². The highest BCUT2D eigenvalue weighted by Crippen LogP contribution is 2.47. The fraction of sp³-hybridized carbons (Fsp3) is 0.200. The molecule has 2 aromatic carbocycles. The Morgan fingerprint density at radius 1 is 1.07 bits per heavy atom. The Bertz CT molecular complexity index is 474. The fourth-order valence-electron chi connectivity index (χ4n) is 2.51. The zero-order chi connectivity index (χ0) is 10.5. The van der Waals surface area contributed by atoms with E-state index in [-0.39, 0.29) is 5.41 Å². The van der Waals surface area contributed by atoms with Crippen LogP contribution in [-0.2, 0) is 5.41 Å². The van der Waals surface area contributed by atoms with Crippen molar-refractivity contribution in [2.75, 3.05) is 0 Å². The van der Waals surface area contributed by atoms with E-state index in [1.807, 2.05) is 12.1 Å². The third-order valence-electron chi connectivity index (χ3n) is 3.34. The predicted octanol–water partition coefficient (Wildman–Crippen LogP) is 3.59. The minimum atomic E-state index is 0.109. The summed E-state index contributed by atoms with van der Waals surface area (Å²) >= 11 is 0. The van der Waals surface area contributed by atoms with Crippen LogP contribution in [0.5, 0.6) is 0 Å². The van der Waals surface area contributed by atoms with Gasteiger partial charge in [0.05, 0.1) is 0 Å². The van der Waals surface area contributed by atoms with E-state index < -0.39 is 0 Å². The normalized spacial score (nSPS) is 15.9. The molecule has 0 aromatic heterocycles. The van der Waals surface area contributed by atoms with E-state index in [4.69, 9.17) is 0 Å². The molecular formula is C15H12. The van der Waals surface area contributed by atoms with E-state index in [2.05, 4.69) is 50.2 Å². The van der Waals surface area contributed by atoms with Crippen molar-refractivity contribution in [2.24, 2.45) is 0 Å². The van der Waals surface area contributed by atoms with Crippen molar-refractivity contribution in [3.05, 3.63) is 59.7 Å². The van der Waals surface area contributed by atoms with Gasteiger partial charge in [-0.3, -0.25) is 0 Å². The molecule has 72 valence electrons. The van der Waals surface area contributed by atoms with Gasteiger partial charge in [-0.05, 0) is 40.5 Å². The number of hydrogen-bond donors (Lipinski definition) is 0. The van der Waals surface area contributed by atoms with Crippen LogP contribution in [0.3, 0.4) is 0 Å². The van der Waals surface area contributed by atoms with Crippen LogP contribution >= 0.6 is 0 Å². The van der Waals surface area contributed by atoms with E-state index in [1.165, 1.54) is 22.3 Å². The van der Waals surface area contributed by atoms with Crippen LogP contribution in [-0.4, -0.2) is 0 Å². The van der Waals surface area contributed by atoms with Crippen molar-refractivity contribution in [3.8, 4) is 11.1 Å². The average molecular weight is 192 g/mol. The predicted molar refractivity (Wildman–Crippen MR) is 61.7 cm³/mol. The molecule has 15 heavy (non-hydrogen) atoms. The van der Waals surface area contributed by atoms with Gasteiger partial charge in [-0.1, -0.05) is 44.2 Å². The molecule has 0 aliphatic heterocycles. The Balaban J connectivity index is 2.42. The first-order chi connectivity index (χ1) is 7.21. The Kier molecular flexibility index (Phi) is 1.59. The van der Waals surface area contributed by atoms with Gasteiger partial charge in [0.1, 0.15) is 0 Å². The second-order valence-electron chi connectivity index (χ2n) is 4.56. The van der Waals surface area contributed by atoms with Crippen molar-refractivity contribution in [3.63, 3.8) is 0 Å². The molecule has 1 aliphatic carbocycles. The molecule has 0 saturated heterocycles. The Hall–Kier alpha value is -1.56. The molecule has 0 heterocycles. The SMILES string of the molecule is CC1(C)c2ccc[c]c2-c2c[c]ccc21. The Morgan fingerprint density at radius 2 is 1.93 bits per heavy atom. The van der Waals surface area contributed by atoms with Crippen LogP contribution < -0.4 is 0 Å². The van der Waals surface area contributed by atoms with E-state index >= 15 is 0 Å². The molecule has 0 fully saturated rings. The maximum absolute atomic E-state index is 3.34. The lowest BCUT2D eigenvalue weighted by Crippen LogP contribution is -2.14. The summed E-state index contributed by atoms with van der Waals surface area (Å²) in [4.78, 5) is 0. The maximum Gasteiger partial charge on any atom is 0.0159 e. The number of rotatable bonds is 0. The van der Waals surface area contributed by atoms with Crippen LogP contribution in [0.15, 0.2) is 36.4 Å². The minimum absolute atomic E-state index is 0.109. The summed E-state index contributed by atoms with van der Waals surface area (Å²) in [6.07, 6.45) is 0. The van der Waals surface area contributed by atoms with Gasteiger partial charge in [0.2, 0.25) is 0 Å². The Labute approximate surface area is 90.6 Å². The summed E-state index contributed by atoms with van der Waals surface area (Å²) < 4.78 is 0. The van der Waals surface area contributed by atoms with Gasteiger partial charge in [-0.25, -0.2) is 0 Å². The van der Waals surface area contributed by atoms with E-state index in [0.29, 0.717) is 0 Å². The van der Waals surface area contributed by atoms with Gasteiger partial charge < -0.3 is 0 Å². The molecule has 0 heteroatoms. The molecule has 0 bridgehead atoms. The van der Waals surface area contributed by atoms with Crippen molar-refractivity contribution in [1.82, 2.24) is 0 Å². The molecule has 1 aliphatic rings. The molecule has 0 nitrogen and oxygen atoms in total. The molecular weight excluding hydrogens is 180 g/mol. The minimum Gasteiger partial charge on any atom is -0.0613 e. The summed E-state index contributed by atoms with van der Waals surface area (Å²) in [5.74, 6) is 0. The van der Waals surface area contributed by atoms with E-state index in [9.17, 15) is 0 Å². The highest BCUT2D eigenvalue weighted by molar-refractivity contribution is 5.79. The monoisotopic (exact) mass is 192 g/mol. The number of hydrogen-bond acceptors (Lipinski definition) is 0. The molecule has 2 radical (unpaired) electrons. The van der Waals surface area contributed by atoms with Crippen LogP contribution in [0.1, 0.15) is 25.0 Å². The molecule has 2 aromatic rings. The van der Waals surface area contributed by atoms with Crippen LogP contribution in [0, 0.1) is 12.1 Å². The molecule has 0 N–H and O–H groups in total. The zero-order valence-corrected chi connectivity index (χ0v) is 8.96. The molecule has 0 unspecified atom stereocenters. The van der Waals surface area contributed by atoms with Crippen molar-refractivity contribution in [2.45, 2.75) is 19.3 Å². The van der Waals surface area contributed by atoms with Crippen LogP contribution in [0.4, 0.5) is 0 Å². The third-order valence-corrected chi connectivity index (χ3v) is 3.34. The lowest BCUT2D eigenvalue weighted by atomic mass is 9.82. The molecule has 3 rings (SSSR count). The van der Waals surface area contributed by atoms with Gasteiger partial charge in [0.25, 0.3) is 0 Å². The fourth-order valence-corrected chi connectivity index (χ4v) is 2.51. The first-order valence-corrected chi connectivity index (χ1v) is 5.23. The lowest BCUT2D eigenvalue weighted by Gasteiger charge is -2.20. The van der Waals surface area contributed by atoms with Crippen molar-refractivity contribution in [1.29, 1.82) is 0 Å². The lowest BCUT2D eigenvalue weighted by molar-refractivity contribution is 0.660. The quantitative estimate of drug-likeness (QED) is 0.598. The van der Waals surface area contributed by atoms with Crippen molar-refractivity contribution >= 4 is 0 Å². The molecule has 0 atom stereocenters. The molecule has 0 amide bonds. The third kappa shape index (κ3) is 1.02. The zero-order valence-electron chi connectivity index (χ0n) is 8.96. The van der Waals surface area contributed by atoms with Crippen LogP contribution in [0.25, 0.3) is 11.1 Å². The molecule has 0 spiro atoms. The topological polar surface area (TPSA) is 0 Å². The highest BCUT2D eigenvalue weighted by Gasteiger charge is 2.34. The summed E-state index contributed by atoms with van der Waals surface area (Å²) in [5.41, 5.74) is 5.41. The van der Waals surface area contributed by atoms with Gasteiger partial charge in [-0.2, -0.15) is 0 Å². The smallest absolute Gasteiger partial charge is 0.0159 e. The second kappa shape index (κ2) is 2.73. The van der Waals surface area contributed by atoms with E-state index in [0.717, 1.165) is 0 Å². The maximum atomic E-state index is 3.34. The first-order valence-electron chi connectivity index (χ1n) is 5.23. The summed E-state index contributed by atoms with van der Waals surface area (Å²) in [7, 11) is 0. The number of fused-ring (bicyclic) bond motifs is 3. The second-order valence-corrected chi connectivity index (χ2v) is 4.56. The number of benzene rings is 2. The summed E-state index contributed by atoms with van der Waals surface area (Å²) in [6.45, 7) is 4.54. The summed E-state index contributed by atoms with van der Waals surface area (Å²) in [6, 6.07) is 19.0. The van der Waals surface area contributed by atoms with Gasteiger partial charge >= 0.3 is 0 Å². The Morgan fingerprint density at radius 3 is 2.80 bits per heavy atom. The highest BCUT2D eigenvalue weighted by atomic mass is 14.4. The van der Waals surface area contributed by atoms with Gasteiger partial charge in [0, 0.05) is 5.41 Å². The summed E-state index contributed by atoms with van der Waals surface area (Å²) in [5, 5.41) is 0. The first kappa shape index (κ1) is 8.72. The van der Waals surface area contributed by atoms with E-state index in [1.54, 1.807) is 0 Å². The standard InChI is InChI=1S/C15H12/c1-15(2)13-9-5-3-7-11(13)12-8-4-6-10-14(12)15/h3,5-6,8-10H,1-2H3. The van der Waals surface area contributed by atoms with Gasteiger partial charge in [-0.15, -0.1) is 0 Å². The molecule has 0 saturated carbocycles.